The van der Waals surface area contributed by atoms with Crippen molar-refractivity contribution in [2.24, 2.45) is 0 Å². The summed E-state index contributed by atoms with van der Waals surface area (Å²) >= 11 is 0. The van der Waals surface area contributed by atoms with E-state index in [9.17, 15) is 0 Å². The van der Waals surface area contributed by atoms with Crippen LogP contribution in [0.4, 0.5) is 0 Å². The maximum absolute atomic E-state index is 5.13. The minimum Gasteiger partial charge on any atom is -0.240 e. The van der Waals surface area contributed by atoms with Crippen LogP contribution in [0, 0.1) is 0 Å². The van der Waals surface area contributed by atoms with Crippen molar-refractivity contribution in [3.63, 3.8) is 0 Å². The van der Waals surface area contributed by atoms with Gasteiger partial charge >= 0.3 is 0 Å². The zero-order chi connectivity index (χ0) is 17.8. The van der Waals surface area contributed by atoms with Crippen LogP contribution >= 0.6 is 0 Å². The van der Waals surface area contributed by atoms with Gasteiger partial charge in [0.15, 0.2) is 11.7 Å². The van der Waals surface area contributed by atoms with Gasteiger partial charge in [-0.05, 0) is 19.4 Å². The van der Waals surface area contributed by atoms with Crippen LogP contribution in [0.3, 0.4) is 0 Å². The SMILES string of the molecule is CCC1(C)c2nc(C(C)(C)C)ncc2-c2cccc[n+]2C1(C)CC. The van der Waals surface area contributed by atoms with Crippen LogP contribution in [-0.2, 0) is 16.4 Å². The Kier molecular flexibility index (Phi) is 3.82. The fourth-order valence-electron chi connectivity index (χ4n) is 4.07. The van der Waals surface area contributed by atoms with Crippen molar-refractivity contribution in [2.75, 3.05) is 0 Å². The summed E-state index contributed by atoms with van der Waals surface area (Å²) < 4.78 is 2.44. The Balaban J connectivity index is 2.39. The van der Waals surface area contributed by atoms with Crippen molar-refractivity contribution in [3.8, 4) is 11.3 Å². The van der Waals surface area contributed by atoms with E-state index in [1.807, 2.05) is 6.20 Å². The van der Waals surface area contributed by atoms with Crippen LogP contribution < -0.4 is 4.57 Å². The molecule has 1 aliphatic rings. The Morgan fingerprint density at radius 2 is 1.79 bits per heavy atom. The van der Waals surface area contributed by atoms with Crippen molar-refractivity contribution >= 4 is 0 Å². The van der Waals surface area contributed by atoms with E-state index in [1.165, 1.54) is 17.0 Å². The first-order valence-electron chi connectivity index (χ1n) is 9.08. The lowest BCUT2D eigenvalue weighted by molar-refractivity contribution is -0.765. The quantitative estimate of drug-likeness (QED) is 0.759. The molecule has 2 atom stereocenters. The van der Waals surface area contributed by atoms with Crippen LogP contribution in [0.15, 0.2) is 30.6 Å². The molecular weight excluding hydrogens is 294 g/mol. The van der Waals surface area contributed by atoms with Gasteiger partial charge in [0, 0.05) is 37.1 Å². The number of fused-ring (bicyclic) bond motifs is 3. The Hall–Kier alpha value is -1.77. The largest absolute Gasteiger partial charge is 0.240 e. The number of hydrogen-bond donors (Lipinski definition) is 0. The number of rotatable bonds is 2. The second-order valence-electron chi connectivity index (χ2n) is 8.47. The van der Waals surface area contributed by atoms with Gasteiger partial charge in [-0.1, -0.05) is 34.6 Å². The van der Waals surface area contributed by atoms with E-state index in [1.54, 1.807) is 0 Å². The molecule has 24 heavy (non-hydrogen) atoms. The zero-order valence-corrected chi connectivity index (χ0v) is 16.1. The Morgan fingerprint density at radius 3 is 2.38 bits per heavy atom. The van der Waals surface area contributed by atoms with Gasteiger partial charge in [0.1, 0.15) is 5.82 Å². The normalized spacial score (nSPS) is 26.0. The van der Waals surface area contributed by atoms with E-state index >= 15 is 0 Å². The highest BCUT2D eigenvalue weighted by Gasteiger charge is 2.57. The topological polar surface area (TPSA) is 29.7 Å². The molecule has 3 heterocycles. The molecule has 0 aliphatic carbocycles. The molecule has 0 saturated heterocycles. The minimum absolute atomic E-state index is 0.00511. The molecule has 0 saturated carbocycles. The maximum atomic E-state index is 5.13. The van der Waals surface area contributed by atoms with Crippen LogP contribution in [0.2, 0.25) is 0 Å². The van der Waals surface area contributed by atoms with Gasteiger partial charge in [-0.3, -0.25) is 0 Å². The lowest BCUT2D eigenvalue weighted by Gasteiger charge is -2.45. The maximum Gasteiger partial charge on any atom is 0.216 e. The second-order valence-corrected chi connectivity index (χ2v) is 8.47. The van der Waals surface area contributed by atoms with Gasteiger partial charge in [-0.15, -0.1) is 0 Å². The smallest absolute Gasteiger partial charge is 0.216 e. The third-order valence-electron chi connectivity index (χ3n) is 6.23. The van der Waals surface area contributed by atoms with Gasteiger partial charge in [0.25, 0.3) is 0 Å². The van der Waals surface area contributed by atoms with Crippen molar-refractivity contribution in [2.45, 2.75) is 77.7 Å². The van der Waals surface area contributed by atoms with Crippen LogP contribution in [0.1, 0.15) is 72.8 Å². The minimum atomic E-state index is -0.0452. The molecule has 3 heteroatoms. The Labute approximate surface area is 146 Å². The molecule has 3 nitrogen and oxygen atoms in total. The fraction of sp³-hybridized carbons (Fsp3) is 0.571. The second kappa shape index (κ2) is 5.37. The monoisotopic (exact) mass is 324 g/mol. The molecule has 0 amide bonds. The predicted molar refractivity (Wildman–Crippen MR) is 97.9 cm³/mol. The molecule has 1 aliphatic heterocycles. The average molecular weight is 324 g/mol. The number of nitrogens with zero attached hydrogens (tertiary/aromatic N) is 3. The lowest BCUT2D eigenvalue weighted by Crippen LogP contribution is -2.67. The number of hydrogen-bond acceptors (Lipinski definition) is 2. The van der Waals surface area contributed by atoms with E-state index in [4.69, 9.17) is 9.97 Å². The van der Waals surface area contributed by atoms with Gasteiger partial charge in [-0.2, -0.15) is 4.57 Å². The van der Waals surface area contributed by atoms with Gasteiger partial charge in [0.05, 0.1) is 16.7 Å². The van der Waals surface area contributed by atoms with Gasteiger partial charge in [-0.25, -0.2) is 9.97 Å². The lowest BCUT2D eigenvalue weighted by atomic mass is 9.62. The summed E-state index contributed by atoms with van der Waals surface area (Å²) in [5.74, 6) is 0.934. The predicted octanol–water partition coefficient (Wildman–Crippen LogP) is 4.54. The van der Waals surface area contributed by atoms with Gasteiger partial charge in [0.2, 0.25) is 5.69 Å². The van der Waals surface area contributed by atoms with Gasteiger partial charge < -0.3 is 0 Å². The molecule has 0 aromatic carbocycles. The van der Waals surface area contributed by atoms with Crippen LogP contribution in [0.5, 0.6) is 0 Å². The third kappa shape index (κ3) is 2.13. The van der Waals surface area contributed by atoms with Crippen molar-refractivity contribution in [3.05, 3.63) is 42.1 Å². The Bertz CT molecular complexity index is 775. The molecule has 2 unspecified atom stereocenters. The third-order valence-corrected chi connectivity index (χ3v) is 6.23. The first-order chi connectivity index (χ1) is 11.2. The highest BCUT2D eigenvalue weighted by atomic mass is 15.1. The highest BCUT2D eigenvalue weighted by molar-refractivity contribution is 5.62. The average Bonchev–Trinajstić information content (AvgIpc) is 2.58. The first-order valence-corrected chi connectivity index (χ1v) is 9.08. The van der Waals surface area contributed by atoms with E-state index < -0.39 is 0 Å². The molecule has 0 radical (unpaired) electrons. The molecular formula is C21H30N3+. The van der Waals surface area contributed by atoms with Crippen LogP contribution in [-0.4, -0.2) is 9.97 Å². The standard InChI is InChI=1S/C21H30N3/c1-8-20(6)17-15(14-22-18(23-17)19(3,4)5)16-12-10-11-13-24(16)21(20,7)9-2/h10-14H,8-9H2,1-7H3/q+1. The fourth-order valence-corrected chi connectivity index (χ4v) is 4.07. The highest BCUT2D eigenvalue weighted by Crippen LogP contribution is 2.48. The molecule has 0 bridgehead atoms. The summed E-state index contributed by atoms with van der Waals surface area (Å²) in [6.07, 6.45) is 6.37. The van der Waals surface area contributed by atoms with E-state index in [0.29, 0.717) is 0 Å². The summed E-state index contributed by atoms with van der Waals surface area (Å²) in [5, 5.41) is 0. The summed E-state index contributed by atoms with van der Waals surface area (Å²) in [6, 6.07) is 6.43. The molecule has 2 aromatic rings. The number of pyridine rings is 1. The molecule has 3 rings (SSSR count). The summed E-state index contributed by atoms with van der Waals surface area (Å²) in [5.41, 5.74) is 3.53. The van der Waals surface area contributed by atoms with Crippen molar-refractivity contribution in [1.29, 1.82) is 0 Å². The van der Waals surface area contributed by atoms with Crippen molar-refractivity contribution < 1.29 is 4.57 Å². The van der Waals surface area contributed by atoms with Crippen LogP contribution in [0.25, 0.3) is 11.3 Å². The molecule has 0 fully saturated rings. The first kappa shape index (κ1) is 17.1. The zero-order valence-electron chi connectivity index (χ0n) is 16.1. The number of aromatic nitrogens is 3. The molecule has 128 valence electrons. The summed E-state index contributed by atoms with van der Waals surface area (Å²) in [4.78, 5) is 9.84. The van der Waals surface area contributed by atoms with E-state index in [0.717, 1.165) is 18.7 Å². The van der Waals surface area contributed by atoms with E-state index in [-0.39, 0.29) is 16.4 Å². The Morgan fingerprint density at radius 1 is 1.08 bits per heavy atom. The van der Waals surface area contributed by atoms with E-state index in [2.05, 4.69) is 77.4 Å². The van der Waals surface area contributed by atoms with Crippen molar-refractivity contribution in [1.82, 2.24) is 9.97 Å². The molecule has 0 N–H and O–H groups in total. The molecule has 0 spiro atoms. The summed E-state index contributed by atoms with van der Waals surface area (Å²) in [7, 11) is 0. The molecule has 2 aromatic heterocycles. The summed E-state index contributed by atoms with van der Waals surface area (Å²) in [6.45, 7) is 15.9.